The first-order chi connectivity index (χ1) is 8.15. The maximum Gasteiger partial charge on any atom is 0.220 e. The Kier molecular flexibility index (Phi) is 3.58. The van der Waals surface area contributed by atoms with Gasteiger partial charge in [0.2, 0.25) is 5.95 Å². The number of anilines is 1. The lowest BCUT2D eigenvalue weighted by Crippen LogP contribution is -1.99. The Hall–Kier alpha value is -1.62. The predicted octanol–water partition coefficient (Wildman–Crippen LogP) is 3.05. The van der Waals surface area contributed by atoms with Crippen molar-refractivity contribution < 1.29 is 4.39 Å². The van der Waals surface area contributed by atoms with Gasteiger partial charge in [0.15, 0.2) is 0 Å². The fraction of sp³-hybridized carbons (Fsp3) is 0.167. The van der Waals surface area contributed by atoms with Gasteiger partial charge >= 0.3 is 0 Å². The molecule has 0 aliphatic rings. The summed E-state index contributed by atoms with van der Waals surface area (Å²) in [5.74, 6) is 0.0265. The second-order valence-electron chi connectivity index (χ2n) is 3.56. The fourth-order valence-corrected chi connectivity index (χ4v) is 2.42. The number of thioether (sulfide) groups is 1. The molecular formula is C12H12FN3S. The van der Waals surface area contributed by atoms with Gasteiger partial charge < -0.3 is 5.73 Å². The van der Waals surface area contributed by atoms with E-state index in [1.807, 2.05) is 19.1 Å². The molecular weight excluding hydrogens is 237 g/mol. The van der Waals surface area contributed by atoms with E-state index in [1.165, 1.54) is 23.9 Å². The van der Waals surface area contributed by atoms with Crippen LogP contribution in [-0.4, -0.2) is 9.97 Å². The molecule has 1 aromatic heterocycles. The molecule has 88 valence electrons. The summed E-state index contributed by atoms with van der Waals surface area (Å²) >= 11 is 1.53. The number of hydrogen-bond acceptors (Lipinski definition) is 4. The van der Waals surface area contributed by atoms with E-state index in [2.05, 4.69) is 9.97 Å². The Balaban J connectivity index is 2.14. The minimum absolute atomic E-state index is 0.0992. The fourth-order valence-electron chi connectivity index (χ4n) is 1.42. The molecule has 0 unspecified atom stereocenters. The minimum Gasteiger partial charge on any atom is -0.368 e. The summed E-state index contributed by atoms with van der Waals surface area (Å²) in [4.78, 5) is 8.85. The summed E-state index contributed by atoms with van der Waals surface area (Å²) in [7, 11) is 0. The van der Waals surface area contributed by atoms with E-state index in [4.69, 9.17) is 5.73 Å². The maximum atomic E-state index is 13.0. The van der Waals surface area contributed by atoms with Gasteiger partial charge in [-0.1, -0.05) is 6.07 Å². The molecule has 0 aliphatic heterocycles. The highest BCUT2D eigenvalue weighted by molar-refractivity contribution is 7.99. The first kappa shape index (κ1) is 11.9. The zero-order chi connectivity index (χ0) is 12.3. The Morgan fingerprint density at radius 2 is 2.18 bits per heavy atom. The number of halogens is 1. The molecule has 1 aromatic carbocycles. The molecule has 0 aliphatic carbocycles. The second kappa shape index (κ2) is 5.14. The van der Waals surface area contributed by atoms with Gasteiger partial charge in [0.1, 0.15) is 5.82 Å². The van der Waals surface area contributed by atoms with Crippen LogP contribution in [0.2, 0.25) is 0 Å². The Morgan fingerprint density at radius 1 is 1.35 bits per heavy atom. The van der Waals surface area contributed by atoms with Crippen LogP contribution >= 0.6 is 11.8 Å². The first-order valence-electron chi connectivity index (χ1n) is 5.16. The lowest BCUT2D eigenvalue weighted by molar-refractivity contribution is 0.624. The molecule has 1 atom stereocenters. The topological polar surface area (TPSA) is 51.8 Å². The van der Waals surface area contributed by atoms with Gasteiger partial charge in [-0.3, -0.25) is 0 Å². The molecule has 3 nitrogen and oxygen atoms in total. The summed E-state index contributed by atoms with van der Waals surface area (Å²) in [5.41, 5.74) is 6.36. The van der Waals surface area contributed by atoms with Gasteiger partial charge in [-0.15, -0.1) is 11.8 Å². The number of hydrogen-bond donors (Lipinski definition) is 1. The van der Waals surface area contributed by atoms with Gasteiger partial charge in [-0.05, 0) is 31.2 Å². The van der Waals surface area contributed by atoms with Gasteiger partial charge in [0, 0.05) is 16.3 Å². The number of nitrogens with zero attached hydrogens (tertiary/aromatic N) is 2. The van der Waals surface area contributed by atoms with Crippen LogP contribution in [0.4, 0.5) is 10.3 Å². The number of aromatic nitrogens is 2. The first-order valence-corrected chi connectivity index (χ1v) is 6.04. The van der Waals surface area contributed by atoms with Crippen molar-refractivity contribution in [3.63, 3.8) is 0 Å². The molecule has 0 saturated carbocycles. The average molecular weight is 249 g/mol. The highest BCUT2D eigenvalue weighted by atomic mass is 32.2. The zero-order valence-electron chi connectivity index (χ0n) is 9.30. The molecule has 17 heavy (non-hydrogen) atoms. The van der Waals surface area contributed by atoms with Crippen molar-refractivity contribution in [2.75, 3.05) is 5.73 Å². The molecule has 5 heteroatoms. The van der Waals surface area contributed by atoms with Crippen LogP contribution < -0.4 is 5.73 Å². The summed E-state index contributed by atoms with van der Waals surface area (Å²) < 4.78 is 13.0. The quantitative estimate of drug-likeness (QED) is 0.849. The predicted molar refractivity (Wildman–Crippen MR) is 67.1 cm³/mol. The molecule has 0 spiro atoms. The number of benzene rings is 1. The Bertz CT molecular complexity index is 519. The van der Waals surface area contributed by atoms with Gasteiger partial charge in [-0.2, -0.15) is 0 Å². The number of nitrogens with two attached hydrogens (primary N) is 1. The van der Waals surface area contributed by atoms with Crippen molar-refractivity contribution >= 4 is 17.7 Å². The monoisotopic (exact) mass is 249 g/mol. The summed E-state index contributed by atoms with van der Waals surface area (Å²) in [5, 5.41) is 0.0992. The van der Waals surface area contributed by atoms with Gasteiger partial charge in [-0.25, -0.2) is 14.4 Å². The smallest absolute Gasteiger partial charge is 0.220 e. The normalized spacial score (nSPS) is 12.4. The highest BCUT2D eigenvalue weighted by Crippen LogP contribution is 2.33. The van der Waals surface area contributed by atoms with E-state index in [0.29, 0.717) is 0 Å². The molecule has 2 rings (SSSR count). The molecule has 1 heterocycles. The van der Waals surface area contributed by atoms with Crippen LogP contribution in [0, 0.1) is 5.82 Å². The molecule has 0 bridgehead atoms. The minimum atomic E-state index is -0.232. The summed E-state index contributed by atoms with van der Waals surface area (Å²) in [6.45, 7) is 2.00. The van der Waals surface area contributed by atoms with Crippen molar-refractivity contribution in [2.24, 2.45) is 0 Å². The molecule has 2 aromatic rings. The third kappa shape index (κ3) is 3.17. The van der Waals surface area contributed by atoms with E-state index in [0.717, 1.165) is 10.6 Å². The maximum absolute atomic E-state index is 13.0. The Labute approximate surface area is 103 Å². The van der Waals surface area contributed by atoms with Gasteiger partial charge in [0.05, 0.1) is 5.69 Å². The van der Waals surface area contributed by atoms with Crippen LogP contribution in [0.1, 0.15) is 17.9 Å². The number of rotatable bonds is 3. The largest absolute Gasteiger partial charge is 0.368 e. The summed E-state index contributed by atoms with van der Waals surface area (Å²) in [6.07, 6.45) is 1.63. The second-order valence-corrected chi connectivity index (χ2v) is 4.97. The summed E-state index contributed by atoms with van der Waals surface area (Å²) in [6, 6.07) is 8.31. The van der Waals surface area contributed by atoms with Crippen LogP contribution in [0.15, 0.2) is 41.4 Å². The third-order valence-corrected chi connectivity index (χ3v) is 3.34. The van der Waals surface area contributed by atoms with E-state index < -0.39 is 0 Å². The lowest BCUT2D eigenvalue weighted by atomic mass is 10.3. The van der Waals surface area contributed by atoms with Crippen LogP contribution in [0.3, 0.4) is 0 Å². The Morgan fingerprint density at radius 3 is 2.88 bits per heavy atom. The highest BCUT2D eigenvalue weighted by Gasteiger charge is 2.09. The van der Waals surface area contributed by atoms with Crippen molar-refractivity contribution in [2.45, 2.75) is 17.1 Å². The van der Waals surface area contributed by atoms with Crippen molar-refractivity contribution in [1.29, 1.82) is 0 Å². The van der Waals surface area contributed by atoms with Crippen molar-refractivity contribution in [3.8, 4) is 0 Å². The van der Waals surface area contributed by atoms with Crippen molar-refractivity contribution in [1.82, 2.24) is 9.97 Å². The van der Waals surface area contributed by atoms with Crippen LogP contribution in [0.5, 0.6) is 0 Å². The van der Waals surface area contributed by atoms with Crippen molar-refractivity contribution in [3.05, 3.63) is 48.0 Å². The molecule has 0 amide bonds. The van der Waals surface area contributed by atoms with Gasteiger partial charge in [0.25, 0.3) is 0 Å². The molecule has 2 N–H and O–H groups in total. The molecule has 0 saturated heterocycles. The lowest BCUT2D eigenvalue weighted by Gasteiger charge is -2.10. The van der Waals surface area contributed by atoms with E-state index >= 15 is 0 Å². The van der Waals surface area contributed by atoms with E-state index in [1.54, 1.807) is 12.3 Å². The molecule has 0 fully saturated rings. The van der Waals surface area contributed by atoms with Crippen LogP contribution in [0.25, 0.3) is 0 Å². The zero-order valence-corrected chi connectivity index (χ0v) is 10.1. The van der Waals surface area contributed by atoms with E-state index in [9.17, 15) is 4.39 Å². The van der Waals surface area contributed by atoms with Crippen LogP contribution in [-0.2, 0) is 0 Å². The SMILES string of the molecule is C[C@@H](Sc1cccc(F)c1)c1ccnc(N)n1. The number of nitrogen functional groups attached to an aromatic ring is 1. The molecule has 0 radical (unpaired) electrons. The standard InChI is InChI=1S/C12H12FN3S/c1-8(11-5-6-15-12(14)16-11)17-10-4-2-3-9(13)7-10/h2-8H,1H3,(H2,14,15,16)/t8-/m1/s1. The third-order valence-electron chi connectivity index (χ3n) is 2.22. The average Bonchev–Trinajstić information content (AvgIpc) is 2.29. The van der Waals surface area contributed by atoms with E-state index in [-0.39, 0.29) is 17.0 Å².